The molecule has 3 rings (SSSR count). The molecule has 1 aromatic carbocycles. The van der Waals surface area contributed by atoms with Crippen molar-refractivity contribution in [3.8, 4) is 0 Å². The second kappa shape index (κ2) is 7.80. The Kier molecular flexibility index (Phi) is 5.71. The first-order valence-electron chi connectivity index (χ1n) is 8.78. The molecule has 138 valence electrons. The standard InChI is InChI=1S/C17H24FN3O3S/c18-16-7-5-15(6-8-16)17(22)19-11-13-21(14-12-19)25(23,24)20-9-3-1-2-4-10-20/h5-8H,1-4,9-14H2. The lowest BCUT2D eigenvalue weighted by molar-refractivity contribution is 0.0694. The van der Waals surface area contributed by atoms with Gasteiger partial charge in [0.15, 0.2) is 0 Å². The van der Waals surface area contributed by atoms with Crippen LogP contribution in [0.15, 0.2) is 24.3 Å². The van der Waals surface area contributed by atoms with Crippen LogP contribution in [0.3, 0.4) is 0 Å². The second-order valence-electron chi connectivity index (χ2n) is 6.52. The predicted octanol–water partition coefficient (Wildman–Crippen LogP) is 1.70. The van der Waals surface area contributed by atoms with Gasteiger partial charge in [0.25, 0.3) is 16.1 Å². The maximum atomic E-state index is 13.0. The lowest BCUT2D eigenvalue weighted by Gasteiger charge is -2.36. The Morgan fingerprint density at radius 2 is 1.32 bits per heavy atom. The van der Waals surface area contributed by atoms with E-state index in [4.69, 9.17) is 0 Å². The molecule has 0 aromatic heterocycles. The fraction of sp³-hybridized carbons (Fsp3) is 0.588. The SMILES string of the molecule is O=C(c1ccc(F)cc1)N1CCN(S(=O)(=O)N2CCCCCC2)CC1. The Labute approximate surface area is 148 Å². The Morgan fingerprint density at radius 3 is 1.88 bits per heavy atom. The van der Waals surface area contributed by atoms with Crippen LogP contribution in [-0.2, 0) is 10.2 Å². The van der Waals surface area contributed by atoms with Crippen molar-refractivity contribution in [1.29, 1.82) is 0 Å². The minimum Gasteiger partial charge on any atom is -0.336 e. The van der Waals surface area contributed by atoms with E-state index < -0.39 is 10.2 Å². The Balaban J connectivity index is 1.61. The Bertz CT molecular complexity index is 692. The van der Waals surface area contributed by atoms with Crippen molar-refractivity contribution in [2.75, 3.05) is 39.3 Å². The zero-order valence-electron chi connectivity index (χ0n) is 14.2. The summed E-state index contributed by atoms with van der Waals surface area (Å²) >= 11 is 0. The Hall–Kier alpha value is -1.51. The topological polar surface area (TPSA) is 60.9 Å². The van der Waals surface area contributed by atoms with Gasteiger partial charge in [0, 0.05) is 44.8 Å². The smallest absolute Gasteiger partial charge is 0.282 e. The van der Waals surface area contributed by atoms with Gasteiger partial charge in [0.1, 0.15) is 5.82 Å². The van der Waals surface area contributed by atoms with E-state index in [0.717, 1.165) is 25.7 Å². The lowest BCUT2D eigenvalue weighted by Crippen LogP contribution is -2.54. The van der Waals surface area contributed by atoms with E-state index in [2.05, 4.69) is 0 Å². The summed E-state index contributed by atoms with van der Waals surface area (Å²) in [6.45, 7) is 2.46. The van der Waals surface area contributed by atoms with Crippen LogP contribution < -0.4 is 0 Å². The molecule has 0 N–H and O–H groups in total. The summed E-state index contributed by atoms with van der Waals surface area (Å²) in [5, 5.41) is 0. The fourth-order valence-corrected chi connectivity index (χ4v) is 5.00. The second-order valence-corrected chi connectivity index (χ2v) is 8.45. The van der Waals surface area contributed by atoms with Gasteiger partial charge in [0.05, 0.1) is 0 Å². The number of nitrogens with zero attached hydrogens (tertiary/aromatic N) is 3. The molecule has 0 bridgehead atoms. The summed E-state index contributed by atoms with van der Waals surface area (Å²) in [4.78, 5) is 14.1. The van der Waals surface area contributed by atoms with Gasteiger partial charge in [-0.2, -0.15) is 17.0 Å². The van der Waals surface area contributed by atoms with Crippen LogP contribution in [0.2, 0.25) is 0 Å². The number of halogens is 1. The Morgan fingerprint density at radius 1 is 0.800 bits per heavy atom. The van der Waals surface area contributed by atoms with Crippen LogP contribution in [0.4, 0.5) is 4.39 Å². The molecule has 1 aromatic rings. The highest BCUT2D eigenvalue weighted by atomic mass is 32.2. The quantitative estimate of drug-likeness (QED) is 0.815. The van der Waals surface area contributed by atoms with Crippen LogP contribution in [0.25, 0.3) is 0 Å². The summed E-state index contributed by atoms with van der Waals surface area (Å²) in [6, 6.07) is 5.43. The van der Waals surface area contributed by atoms with Crippen molar-refractivity contribution < 1.29 is 17.6 Å². The molecule has 0 aliphatic carbocycles. The molecule has 2 fully saturated rings. The van der Waals surface area contributed by atoms with E-state index in [1.165, 1.54) is 28.6 Å². The average molecular weight is 369 g/mol. The van der Waals surface area contributed by atoms with Gasteiger partial charge in [-0.05, 0) is 37.1 Å². The molecular formula is C17H24FN3O3S. The molecule has 1 amide bonds. The molecule has 2 heterocycles. The van der Waals surface area contributed by atoms with E-state index in [1.807, 2.05) is 0 Å². The van der Waals surface area contributed by atoms with Crippen LogP contribution >= 0.6 is 0 Å². The van der Waals surface area contributed by atoms with Gasteiger partial charge in [0.2, 0.25) is 0 Å². The molecule has 0 unspecified atom stereocenters. The van der Waals surface area contributed by atoms with Crippen LogP contribution in [-0.4, -0.2) is 67.1 Å². The number of hydrogen-bond donors (Lipinski definition) is 0. The number of amides is 1. The number of carbonyl (C=O) groups is 1. The molecule has 25 heavy (non-hydrogen) atoms. The van der Waals surface area contributed by atoms with Gasteiger partial charge in [-0.3, -0.25) is 4.79 Å². The highest BCUT2D eigenvalue weighted by molar-refractivity contribution is 7.86. The first-order valence-corrected chi connectivity index (χ1v) is 10.2. The number of benzene rings is 1. The number of piperazine rings is 1. The van der Waals surface area contributed by atoms with E-state index >= 15 is 0 Å². The summed E-state index contributed by atoms with van der Waals surface area (Å²) in [6.07, 6.45) is 3.96. The first kappa shape index (κ1) is 18.3. The monoisotopic (exact) mass is 369 g/mol. The van der Waals surface area contributed by atoms with Crippen molar-refractivity contribution in [2.45, 2.75) is 25.7 Å². The molecule has 0 radical (unpaired) electrons. The fourth-order valence-electron chi connectivity index (χ4n) is 3.33. The zero-order valence-corrected chi connectivity index (χ0v) is 15.0. The van der Waals surface area contributed by atoms with Crippen LogP contribution in [0.5, 0.6) is 0 Å². The minimum absolute atomic E-state index is 0.188. The van der Waals surface area contributed by atoms with Crippen molar-refractivity contribution in [3.05, 3.63) is 35.6 Å². The highest BCUT2D eigenvalue weighted by Gasteiger charge is 2.33. The van der Waals surface area contributed by atoms with Crippen LogP contribution in [0, 0.1) is 5.82 Å². The summed E-state index contributed by atoms with van der Waals surface area (Å²) in [5.41, 5.74) is 0.422. The molecule has 0 saturated carbocycles. The lowest BCUT2D eigenvalue weighted by atomic mass is 10.2. The van der Waals surface area contributed by atoms with Crippen LogP contribution in [0.1, 0.15) is 36.0 Å². The van der Waals surface area contributed by atoms with Gasteiger partial charge in [-0.15, -0.1) is 0 Å². The summed E-state index contributed by atoms with van der Waals surface area (Å²) in [7, 11) is -3.45. The average Bonchev–Trinajstić information content (AvgIpc) is 2.92. The third kappa shape index (κ3) is 4.19. The third-order valence-electron chi connectivity index (χ3n) is 4.83. The number of carbonyl (C=O) groups excluding carboxylic acids is 1. The van der Waals surface area contributed by atoms with E-state index in [1.54, 1.807) is 9.21 Å². The number of hydrogen-bond acceptors (Lipinski definition) is 3. The van der Waals surface area contributed by atoms with E-state index in [0.29, 0.717) is 44.8 Å². The summed E-state index contributed by atoms with van der Waals surface area (Å²) in [5.74, 6) is -0.572. The molecule has 0 atom stereocenters. The first-order chi connectivity index (χ1) is 12.0. The molecule has 2 aliphatic heterocycles. The summed E-state index contributed by atoms with van der Waals surface area (Å²) < 4.78 is 41.6. The molecule has 2 aliphatic rings. The van der Waals surface area contributed by atoms with Crippen molar-refractivity contribution in [2.24, 2.45) is 0 Å². The van der Waals surface area contributed by atoms with Gasteiger partial charge < -0.3 is 4.90 Å². The molecule has 8 heteroatoms. The number of rotatable bonds is 3. The predicted molar refractivity (Wildman–Crippen MR) is 92.8 cm³/mol. The molecule has 0 spiro atoms. The van der Waals surface area contributed by atoms with Crippen molar-refractivity contribution in [3.63, 3.8) is 0 Å². The van der Waals surface area contributed by atoms with E-state index in [-0.39, 0.29) is 11.7 Å². The van der Waals surface area contributed by atoms with Gasteiger partial charge in [-0.25, -0.2) is 4.39 Å². The molecular weight excluding hydrogens is 345 g/mol. The van der Waals surface area contributed by atoms with E-state index in [9.17, 15) is 17.6 Å². The highest BCUT2D eigenvalue weighted by Crippen LogP contribution is 2.18. The maximum absolute atomic E-state index is 13.0. The zero-order chi connectivity index (χ0) is 17.9. The van der Waals surface area contributed by atoms with Gasteiger partial charge >= 0.3 is 0 Å². The van der Waals surface area contributed by atoms with Gasteiger partial charge in [-0.1, -0.05) is 12.8 Å². The maximum Gasteiger partial charge on any atom is 0.282 e. The van der Waals surface area contributed by atoms with Crippen molar-refractivity contribution >= 4 is 16.1 Å². The largest absolute Gasteiger partial charge is 0.336 e. The molecule has 6 nitrogen and oxygen atoms in total. The van der Waals surface area contributed by atoms with Crippen molar-refractivity contribution in [1.82, 2.24) is 13.5 Å². The third-order valence-corrected chi connectivity index (χ3v) is 6.87. The normalized spacial score (nSPS) is 21.1. The minimum atomic E-state index is -3.45. The molecule has 2 saturated heterocycles.